The lowest BCUT2D eigenvalue weighted by molar-refractivity contribution is 0.0287. The average Bonchev–Trinajstić information content (AvgIpc) is 2.76. The number of anilines is 1. The number of carbonyl (C=O) groups is 1. The zero-order valence-electron chi connectivity index (χ0n) is 12.6. The normalized spacial score (nSPS) is 27.7. The molecule has 0 saturated carbocycles. The van der Waals surface area contributed by atoms with E-state index in [0.717, 1.165) is 49.9 Å². The van der Waals surface area contributed by atoms with E-state index in [2.05, 4.69) is 12.2 Å². The molecule has 2 aliphatic rings. The van der Waals surface area contributed by atoms with Crippen LogP contribution < -0.4 is 5.32 Å². The second-order valence-corrected chi connectivity index (χ2v) is 6.20. The lowest BCUT2D eigenvalue weighted by Crippen LogP contribution is -2.48. The molecule has 2 heterocycles. The number of rotatable bonds is 4. The Hall–Kier alpha value is -1.55. The Bertz CT molecular complexity index is 503. The SMILES string of the molecule is CCCNc1ccccc1C(=O)N1C2CCC1CC(O)C2. The molecular weight excluding hydrogens is 264 g/mol. The highest BCUT2D eigenvalue weighted by Gasteiger charge is 2.43. The molecule has 0 radical (unpaired) electrons. The fraction of sp³-hybridized carbons (Fsp3) is 0.588. The molecule has 114 valence electrons. The second kappa shape index (κ2) is 6.06. The topological polar surface area (TPSA) is 52.6 Å². The van der Waals surface area contributed by atoms with Gasteiger partial charge < -0.3 is 15.3 Å². The number of para-hydroxylation sites is 1. The first-order valence-corrected chi connectivity index (χ1v) is 8.04. The van der Waals surface area contributed by atoms with Gasteiger partial charge in [-0.1, -0.05) is 19.1 Å². The van der Waals surface area contributed by atoms with Crippen molar-refractivity contribution in [1.82, 2.24) is 4.90 Å². The van der Waals surface area contributed by atoms with E-state index < -0.39 is 0 Å². The molecule has 2 aliphatic heterocycles. The lowest BCUT2D eigenvalue weighted by atomic mass is 9.98. The fourth-order valence-corrected chi connectivity index (χ4v) is 3.70. The van der Waals surface area contributed by atoms with Gasteiger partial charge in [-0.25, -0.2) is 0 Å². The Morgan fingerprint density at radius 2 is 1.95 bits per heavy atom. The summed E-state index contributed by atoms with van der Waals surface area (Å²) in [5, 5.41) is 13.2. The number of aliphatic hydroxyl groups is 1. The maximum absolute atomic E-state index is 13.0. The standard InChI is InChI=1S/C17H24N2O2/c1-2-9-18-16-6-4-3-5-15(16)17(21)19-12-7-8-13(19)11-14(20)10-12/h3-6,12-14,18,20H,2,7-11H2,1H3. The molecular formula is C17H24N2O2. The average molecular weight is 288 g/mol. The largest absolute Gasteiger partial charge is 0.393 e. The number of carbonyl (C=O) groups excluding carboxylic acids is 1. The van der Waals surface area contributed by atoms with Crippen molar-refractivity contribution in [3.8, 4) is 0 Å². The third-order valence-corrected chi connectivity index (χ3v) is 4.67. The Morgan fingerprint density at radius 1 is 1.29 bits per heavy atom. The molecule has 1 aromatic rings. The third-order valence-electron chi connectivity index (χ3n) is 4.67. The Balaban J connectivity index is 1.83. The molecule has 0 aliphatic carbocycles. The predicted molar refractivity (Wildman–Crippen MR) is 83.4 cm³/mol. The van der Waals surface area contributed by atoms with E-state index >= 15 is 0 Å². The van der Waals surface area contributed by atoms with Crippen LogP contribution in [0.2, 0.25) is 0 Å². The van der Waals surface area contributed by atoms with E-state index in [1.807, 2.05) is 29.2 Å². The minimum absolute atomic E-state index is 0.119. The summed E-state index contributed by atoms with van der Waals surface area (Å²) in [5.41, 5.74) is 1.69. The third kappa shape index (κ3) is 2.77. The molecule has 4 nitrogen and oxygen atoms in total. The summed E-state index contributed by atoms with van der Waals surface area (Å²) in [6, 6.07) is 8.19. The van der Waals surface area contributed by atoms with Crippen molar-refractivity contribution in [2.75, 3.05) is 11.9 Å². The van der Waals surface area contributed by atoms with Crippen molar-refractivity contribution in [1.29, 1.82) is 0 Å². The number of amides is 1. The summed E-state index contributed by atoms with van der Waals surface area (Å²) in [7, 11) is 0. The summed E-state index contributed by atoms with van der Waals surface area (Å²) >= 11 is 0. The van der Waals surface area contributed by atoms with Crippen LogP contribution in [0.1, 0.15) is 49.4 Å². The number of fused-ring (bicyclic) bond motifs is 2. The van der Waals surface area contributed by atoms with E-state index in [-0.39, 0.29) is 24.1 Å². The van der Waals surface area contributed by atoms with Gasteiger partial charge in [0.25, 0.3) is 5.91 Å². The first-order valence-electron chi connectivity index (χ1n) is 8.04. The fourth-order valence-electron chi connectivity index (χ4n) is 3.70. The van der Waals surface area contributed by atoms with Crippen molar-refractivity contribution in [2.45, 2.75) is 57.2 Å². The summed E-state index contributed by atoms with van der Waals surface area (Å²) < 4.78 is 0. The van der Waals surface area contributed by atoms with Crippen molar-refractivity contribution in [2.24, 2.45) is 0 Å². The molecule has 0 aromatic heterocycles. The van der Waals surface area contributed by atoms with Crippen molar-refractivity contribution >= 4 is 11.6 Å². The molecule has 1 aromatic carbocycles. The monoisotopic (exact) mass is 288 g/mol. The summed E-state index contributed by atoms with van der Waals surface area (Å²) in [6.07, 6.45) is 4.30. The second-order valence-electron chi connectivity index (χ2n) is 6.20. The number of hydrogen-bond acceptors (Lipinski definition) is 3. The Labute approximate surface area is 126 Å². The van der Waals surface area contributed by atoms with Gasteiger partial charge in [-0.15, -0.1) is 0 Å². The number of hydrogen-bond donors (Lipinski definition) is 2. The molecule has 2 fully saturated rings. The number of benzene rings is 1. The maximum atomic E-state index is 13.0. The van der Waals surface area contributed by atoms with Crippen molar-refractivity contribution in [3.05, 3.63) is 29.8 Å². The van der Waals surface area contributed by atoms with Crippen molar-refractivity contribution < 1.29 is 9.90 Å². The van der Waals surface area contributed by atoms with Crippen LogP contribution in [0.25, 0.3) is 0 Å². The van der Waals surface area contributed by atoms with Gasteiger partial charge in [0.2, 0.25) is 0 Å². The molecule has 2 saturated heterocycles. The van der Waals surface area contributed by atoms with Gasteiger partial charge >= 0.3 is 0 Å². The first kappa shape index (κ1) is 14.4. The van der Waals surface area contributed by atoms with E-state index in [1.165, 1.54) is 0 Å². The highest BCUT2D eigenvalue weighted by molar-refractivity contribution is 6.00. The number of nitrogens with one attached hydrogen (secondary N) is 1. The van der Waals surface area contributed by atoms with Crippen LogP contribution in [0.3, 0.4) is 0 Å². The summed E-state index contributed by atoms with van der Waals surface area (Å²) in [5.74, 6) is 0.119. The van der Waals surface area contributed by atoms with Gasteiger partial charge in [0, 0.05) is 24.3 Å². The molecule has 4 heteroatoms. The molecule has 2 atom stereocenters. The smallest absolute Gasteiger partial charge is 0.256 e. The number of aliphatic hydroxyl groups excluding tert-OH is 1. The van der Waals surface area contributed by atoms with Gasteiger partial charge in [0.05, 0.1) is 11.7 Å². The number of nitrogens with zero attached hydrogens (tertiary/aromatic N) is 1. The minimum atomic E-state index is -0.236. The molecule has 0 spiro atoms. The lowest BCUT2D eigenvalue weighted by Gasteiger charge is -2.37. The van der Waals surface area contributed by atoms with Crippen LogP contribution in [0, 0.1) is 0 Å². The molecule has 1 amide bonds. The Kier molecular flexibility index (Phi) is 4.15. The van der Waals surface area contributed by atoms with E-state index in [1.54, 1.807) is 0 Å². The van der Waals surface area contributed by atoms with Crippen LogP contribution in [0.15, 0.2) is 24.3 Å². The maximum Gasteiger partial charge on any atom is 0.256 e. The molecule has 2 unspecified atom stereocenters. The van der Waals surface area contributed by atoms with E-state index in [0.29, 0.717) is 0 Å². The molecule has 2 N–H and O–H groups in total. The Morgan fingerprint density at radius 3 is 2.62 bits per heavy atom. The molecule has 3 rings (SSSR count). The molecule has 2 bridgehead atoms. The first-order chi connectivity index (χ1) is 10.2. The van der Waals surface area contributed by atoms with E-state index in [4.69, 9.17) is 0 Å². The van der Waals surface area contributed by atoms with Crippen LogP contribution in [0.5, 0.6) is 0 Å². The van der Waals surface area contributed by atoms with Crippen LogP contribution in [-0.2, 0) is 0 Å². The van der Waals surface area contributed by atoms with Crippen LogP contribution in [0.4, 0.5) is 5.69 Å². The van der Waals surface area contributed by atoms with Gasteiger partial charge in [-0.3, -0.25) is 4.79 Å². The zero-order chi connectivity index (χ0) is 14.8. The number of piperidine rings is 1. The summed E-state index contributed by atoms with van der Waals surface area (Å²) in [4.78, 5) is 15.0. The van der Waals surface area contributed by atoms with Gasteiger partial charge in [-0.2, -0.15) is 0 Å². The quantitative estimate of drug-likeness (QED) is 0.895. The van der Waals surface area contributed by atoms with Crippen molar-refractivity contribution in [3.63, 3.8) is 0 Å². The highest BCUT2D eigenvalue weighted by Crippen LogP contribution is 2.37. The van der Waals surface area contributed by atoms with Gasteiger partial charge in [-0.05, 0) is 44.2 Å². The van der Waals surface area contributed by atoms with E-state index in [9.17, 15) is 9.90 Å². The molecule has 21 heavy (non-hydrogen) atoms. The van der Waals surface area contributed by atoms with Crippen LogP contribution in [-0.4, -0.2) is 40.6 Å². The zero-order valence-corrected chi connectivity index (χ0v) is 12.6. The van der Waals surface area contributed by atoms with Gasteiger partial charge in [0.15, 0.2) is 0 Å². The highest BCUT2D eigenvalue weighted by atomic mass is 16.3. The van der Waals surface area contributed by atoms with Crippen LogP contribution >= 0.6 is 0 Å². The van der Waals surface area contributed by atoms with Gasteiger partial charge in [0.1, 0.15) is 0 Å². The predicted octanol–water partition coefficient (Wildman–Crippen LogP) is 2.64. The summed E-state index contributed by atoms with van der Waals surface area (Å²) in [6.45, 7) is 2.99. The minimum Gasteiger partial charge on any atom is -0.393 e.